The molecule has 1 aliphatic heterocycles. The van der Waals surface area contributed by atoms with Gasteiger partial charge in [-0.1, -0.05) is 6.07 Å². The van der Waals surface area contributed by atoms with Crippen LogP contribution < -0.4 is 5.73 Å². The molecule has 1 saturated heterocycles. The summed E-state index contributed by atoms with van der Waals surface area (Å²) in [6.45, 7) is 0.874. The Morgan fingerprint density at radius 1 is 1.25 bits per heavy atom. The molecule has 5 nitrogen and oxygen atoms in total. The van der Waals surface area contributed by atoms with Crippen LogP contribution >= 0.6 is 12.4 Å². The van der Waals surface area contributed by atoms with Crippen molar-refractivity contribution in [1.82, 2.24) is 9.29 Å². The lowest BCUT2D eigenvalue weighted by Gasteiger charge is -2.17. The zero-order valence-corrected chi connectivity index (χ0v) is 12.4. The van der Waals surface area contributed by atoms with Gasteiger partial charge in [-0.25, -0.2) is 8.42 Å². The summed E-state index contributed by atoms with van der Waals surface area (Å²) < 4.78 is 26.7. The van der Waals surface area contributed by atoms with Crippen molar-refractivity contribution in [3.05, 3.63) is 36.5 Å². The van der Waals surface area contributed by atoms with Gasteiger partial charge in [0.25, 0.3) is 0 Å². The monoisotopic (exact) mass is 313 g/mol. The maximum atomic E-state index is 12.6. The molecule has 0 aliphatic carbocycles. The van der Waals surface area contributed by atoms with Crippen LogP contribution in [0.4, 0.5) is 0 Å². The molecule has 20 heavy (non-hydrogen) atoms. The number of halogens is 1. The Kier molecular flexibility index (Phi) is 4.29. The fourth-order valence-electron chi connectivity index (χ4n) is 2.41. The Balaban J connectivity index is 0.00000147. The summed E-state index contributed by atoms with van der Waals surface area (Å²) in [5, 5.41) is 0.658. The molecule has 1 aliphatic rings. The lowest BCUT2D eigenvalue weighted by molar-refractivity contribution is 0.473. The third kappa shape index (κ3) is 2.52. The maximum absolute atomic E-state index is 12.6. The van der Waals surface area contributed by atoms with Crippen LogP contribution in [0.5, 0.6) is 0 Å². The van der Waals surface area contributed by atoms with Gasteiger partial charge in [0.15, 0.2) is 0 Å². The number of fused-ring (bicyclic) bond motifs is 1. The molecule has 1 atom stereocenters. The largest absolute Gasteiger partial charge is 0.326 e. The number of hydrogen-bond donors (Lipinski definition) is 1. The summed E-state index contributed by atoms with van der Waals surface area (Å²) in [7, 11) is -3.48. The lowest BCUT2D eigenvalue weighted by Crippen LogP contribution is -2.32. The van der Waals surface area contributed by atoms with Gasteiger partial charge < -0.3 is 5.73 Å². The van der Waals surface area contributed by atoms with Gasteiger partial charge in [0, 0.05) is 30.7 Å². The van der Waals surface area contributed by atoms with E-state index in [4.69, 9.17) is 5.73 Å². The topological polar surface area (TPSA) is 76.3 Å². The van der Waals surface area contributed by atoms with Crippen LogP contribution in [-0.2, 0) is 10.0 Å². The molecule has 0 bridgehead atoms. The van der Waals surface area contributed by atoms with Crippen LogP contribution in [0.25, 0.3) is 10.9 Å². The smallest absolute Gasteiger partial charge is 0.243 e. The molecule has 2 N–H and O–H groups in total. The van der Waals surface area contributed by atoms with Gasteiger partial charge in [-0.05, 0) is 30.7 Å². The molecule has 1 fully saturated rings. The van der Waals surface area contributed by atoms with Gasteiger partial charge in [-0.3, -0.25) is 4.98 Å². The quantitative estimate of drug-likeness (QED) is 0.908. The van der Waals surface area contributed by atoms with Crippen LogP contribution in [0, 0.1) is 0 Å². The van der Waals surface area contributed by atoms with E-state index in [2.05, 4.69) is 4.98 Å². The molecule has 2 heterocycles. The van der Waals surface area contributed by atoms with Gasteiger partial charge in [-0.2, -0.15) is 4.31 Å². The van der Waals surface area contributed by atoms with E-state index in [1.807, 2.05) is 6.07 Å². The second-order valence-corrected chi connectivity index (χ2v) is 6.64. The van der Waals surface area contributed by atoms with Crippen molar-refractivity contribution in [2.75, 3.05) is 13.1 Å². The zero-order valence-electron chi connectivity index (χ0n) is 10.8. The molecule has 0 amide bonds. The molecule has 2 aromatic rings. The molecule has 7 heteroatoms. The molecular formula is C13H16ClN3O2S. The highest BCUT2D eigenvalue weighted by atomic mass is 35.5. The Labute approximate surface area is 124 Å². The molecule has 0 spiro atoms. The molecule has 1 aromatic carbocycles. The first-order valence-corrected chi connectivity index (χ1v) is 7.62. The van der Waals surface area contributed by atoms with Crippen molar-refractivity contribution in [3.63, 3.8) is 0 Å². The molecule has 3 rings (SSSR count). The van der Waals surface area contributed by atoms with Crippen molar-refractivity contribution in [3.8, 4) is 0 Å². The van der Waals surface area contributed by atoms with Gasteiger partial charge >= 0.3 is 0 Å². The number of sulfonamides is 1. The minimum absolute atomic E-state index is 0. The summed E-state index contributed by atoms with van der Waals surface area (Å²) >= 11 is 0. The highest BCUT2D eigenvalue weighted by Crippen LogP contribution is 2.26. The average Bonchev–Trinajstić information content (AvgIpc) is 2.85. The van der Waals surface area contributed by atoms with Crippen LogP contribution in [0.2, 0.25) is 0 Å². The van der Waals surface area contributed by atoms with Gasteiger partial charge in [-0.15, -0.1) is 12.4 Å². The predicted octanol–water partition coefficient (Wildman–Crippen LogP) is 1.38. The third-order valence-electron chi connectivity index (χ3n) is 3.41. The summed E-state index contributed by atoms with van der Waals surface area (Å²) in [6, 6.07) is 8.62. The Morgan fingerprint density at radius 2 is 2.05 bits per heavy atom. The standard InChI is InChI=1S/C13H15N3O2S.ClH/c14-10-6-8-16(9-10)19(17,18)13-5-1-4-12-11(13)3-2-7-15-12;/h1-5,7,10H,6,8-9,14H2;1H/t10-;/m1./s1. The number of nitrogens with two attached hydrogens (primary N) is 1. The SMILES string of the molecule is Cl.N[C@@H]1CCN(S(=O)(=O)c2cccc3ncccc23)C1. The van der Waals surface area contributed by atoms with Crippen molar-refractivity contribution >= 4 is 33.3 Å². The van der Waals surface area contributed by atoms with Crippen LogP contribution in [0.1, 0.15) is 6.42 Å². The average molecular weight is 314 g/mol. The maximum Gasteiger partial charge on any atom is 0.243 e. The molecule has 0 unspecified atom stereocenters. The van der Waals surface area contributed by atoms with Crippen LogP contribution in [0.15, 0.2) is 41.4 Å². The number of aromatic nitrogens is 1. The number of nitrogens with zero attached hydrogens (tertiary/aromatic N) is 2. The van der Waals surface area contributed by atoms with Gasteiger partial charge in [0.1, 0.15) is 0 Å². The van der Waals surface area contributed by atoms with E-state index in [0.29, 0.717) is 35.3 Å². The zero-order chi connectivity index (χ0) is 13.5. The minimum Gasteiger partial charge on any atom is -0.326 e. The molecule has 0 radical (unpaired) electrons. The normalized spacial score (nSPS) is 19.9. The van der Waals surface area contributed by atoms with Crippen LogP contribution in [0.3, 0.4) is 0 Å². The Bertz CT molecular complexity index is 715. The molecule has 0 saturated carbocycles. The highest BCUT2D eigenvalue weighted by Gasteiger charge is 2.31. The second-order valence-electron chi connectivity index (χ2n) is 4.74. The number of hydrogen-bond acceptors (Lipinski definition) is 4. The third-order valence-corrected chi connectivity index (χ3v) is 5.33. The fraction of sp³-hybridized carbons (Fsp3) is 0.308. The summed E-state index contributed by atoms with van der Waals surface area (Å²) in [4.78, 5) is 4.50. The summed E-state index contributed by atoms with van der Waals surface area (Å²) in [5.41, 5.74) is 6.48. The second kappa shape index (κ2) is 5.65. The van der Waals surface area contributed by atoms with Gasteiger partial charge in [0.05, 0.1) is 10.4 Å². The van der Waals surface area contributed by atoms with Crippen molar-refractivity contribution in [2.45, 2.75) is 17.4 Å². The highest BCUT2D eigenvalue weighted by molar-refractivity contribution is 7.89. The van der Waals surface area contributed by atoms with Crippen molar-refractivity contribution in [1.29, 1.82) is 0 Å². The van der Waals surface area contributed by atoms with E-state index >= 15 is 0 Å². The minimum atomic E-state index is -3.48. The van der Waals surface area contributed by atoms with E-state index in [1.165, 1.54) is 4.31 Å². The number of benzene rings is 1. The van der Waals surface area contributed by atoms with E-state index in [0.717, 1.165) is 0 Å². The molecule has 108 valence electrons. The lowest BCUT2D eigenvalue weighted by atomic mass is 10.2. The Hall–Kier alpha value is -1.21. The van der Waals surface area contributed by atoms with E-state index in [9.17, 15) is 8.42 Å². The van der Waals surface area contributed by atoms with E-state index in [1.54, 1.807) is 30.5 Å². The summed E-state index contributed by atoms with van der Waals surface area (Å²) in [6.07, 6.45) is 2.37. The first-order valence-electron chi connectivity index (χ1n) is 6.18. The first-order chi connectivity index (χ1) is 9.09. The predicted molar refractivity (Wildman–Crippen MR) is 80.3 cm³/mol. The van der Waals surface area contributed by atoms with Gasteiger partial charge in [0.2, 0.25) is 10.0 Å². The summed E-state index contributed by atoms with van der Waals surface area (Å²) in [5.74, 6) is 0. The number of rotatable bonds is 2. The first kappa shape index (κ1) is 15.2. The van der Waals surface area contributed by atoms with E-state index < -0.39 is 10.0 Å². The van der Waals surface area contributed by atoms with Crippen molar-refractivity contribution < 1.29 is 8.42 Å². The van der Waals surface area contributed by atoms with Crippen LogP contribution in [-0.4, -0.2) is 36.8 Å². The molecule has 1 aromatic heterocycles. The Morgan fingerprint density at radius 3 is 2.75 bits per heavy atom. The van der Waals surface area contributed by atoms with Crippen molar-refractivity contribution in [2.24, 2.45) is 5.73 Å². The fourth-order valence-corrected chi connectivity index (χ4v) is 4.12. The number of pyridine rings is 1. The molecular weight excluding hydrogens is 298 g/mol. The van der Waals surface area contributed by atoms with E-state index in [-0.39, 0.29) is 18.4 Å².